The van der Waals surface area contributed by atoms with Crippen LogP contribution in [0.1, 0.15) is 29.3 Å². The Morgan fingerprint density at radius 2 is 2.11 bits per heavy atom. The van der Waals surface area contributed by atoms with Gasteiger partial charge in [-0.1, -0.05) is 47.7 Å². The van der Waals surface area contributed by atoms with Crippen molar-refractivity contribution in [3.8, 4) is 11.4 Å². The van der Waals surface area contributed by atoms with E-state index in [0.717, 1.165) is 24.9 Å². The molecule has 0 spiro atoms. The van der Waals surface area contributed by atoms with Crippen molar-refractivity contribution in [1.29, 1.82) is 0 Å². The molecule has 1 saturated heterocycles. The lowest BCUT2D eigenvalue weighted by Gasteiger charge is -2.23. The van der Waals surface area contributed by atoms with Crippen LogP contribution in [0.25, 0.3) is 11.4 Å². The minimum atomic E-state index is 0.121. The summed E-state index contributed by atoms with van der Waals surface area (Å²) in [5.74, 6) is 7.20. The lowest BCUT2D eigenvalue weighted by atomic mass is 10.1. The Bertz CT molecular complexity index is 920. The molecule has 1 unspecified atom stereocenters. The zero-order valence-corrected chi connectivity index (χ0v) is 16.7. The first-order chi connectivity index (χ1) is 13.1. The molecular formula is C19H21N5OS2. The Balaban J connectivity index is 1.43. The normalized spacial score (nSPS) is 16.8. The molecule has 1 amide bonds. The zero-order chi connectivity index (χ0) is 18.8. The summed E-state index contributed by atoms with van der Waals surface area (Å²) in [5.41, 5.74) is 2.08. The molecule has 1 aliphatic heterocycles. The molecule has 0 radical (unpaired) electrons. The third kappa shape index (κ3) is 3.72. The Hall–Kier alpha value is -2.32. The monoisotopic (exact) mass is 399 g/mol. The summed E-state index contributed by atoms with van der Waals surface area (Å²) < 4.78 is 1.46. The number of likely N-dealkylation sites (tertiary alicyclic amines) is 1. The van der Waals surface area contributed by atoms with Gasteiger partial charge in [0.25, 0.3) is 0 Å². The molecular weight excluding hydrogens is 378 g/mol. The van der Waals surface area contributed by atoms with Crippen molar-refractivity contribution in [2.45, 2.75) is 31.0 Å². The van der Waals surface area contributed by atoms with E-state index in [2.05, 4.69) is 21.6 Å². The number of benzene rings is 1. The maximum atomic E-state index is 12.8. The summed E-state index contributed by atoms with van der Waals surface area (Å²) >= 11 is 3.05. The molecule has 6 nitrogen and oxygen atoms in total. The molecule has 0 bridgehead atoms. The van der Waals surface area contributed by atoms with Gasteiger partial charge in [0, 0.05) is 17.0 Å². The second-order valence-corrected chi connectivity index (χ2v) is 8.51. The Morgan fingerprint density at radius 1 is 1.30 bits per heavy atom. The van der Waals surface area contributed by atoms with Gasteiger partial charge in [-0.3, -0.25) is 4.79 Å². The van der Waals surface area contributed by atoms with Gasteiger partial charge in [-0.15, -0.1) is 21.5 Å². The summed E-state index contributed by atoms with van der Waals surface area (Å²) in [6.45, 7) is 2.84. The number of thioether (sulfide) groups is 1. The van der Waals surface area contributed by atoms with E-state index < -0.39 is 0 Å². The largest absolute Gasteiger partial charge is 0.335 e. The topological polar surface area (TPSA) is 77.0 Å². The van der Waals surface area contributed by atoms with Crippen molar-refractivity contribution < 1.29 is 4.79 Å². The predicted octanol–water partition coefficient (Wildman–Crippen LogP) is 3.48. The van der Waals surface area contributed by atoms with Crippen molar-refractivity contribution in [1.82, 2.24) is 19.8 Å². The number of amides is 1. The first kappa shape index (κ1) is 18.1. The summed E-state index contributed by atoms with van der Waals surface area (Å²) in [7, 11) is 0. The van der Waals surface area contributed by atoms with E-state index >= 15 is 0 Å². The molecule has 1 fully saturated rings. The summed E-state index contributed by atoms with van der Waals surface area (Å²) in [5, 5.41) is 11.0. The number of carbonyl (C=O) groups is 1. The number of hydrogen-bond acceptors (Lipinski definition) is 6. The number of thiophene rings is 1. The number of carbonyl (C=O) groups excluding carboxylic acids is 1. The van der Waals surface area contributed by atoms with Crippen LogP contribution in [0.15, 0.2) is 46.9 Å². The van der Waals surface area contributed by atoms with E-state index in [1.807, 2.05) is 42.2 Å². The van der Waals surface area contributed by atoms with Crippen molar-refractivity contribution in [3.63, 3.8) is 0 Å². The molecule has 3 aromatic rings. The number of nitrogen functional groups attached to an aromatic ring is 1. The second kappa shape index (κ2) is 7.74. The fourth-order valence-electron chi connectivity index (χ4n) is 3.33. The van der Waals surface area contributed by atoms with Gasteiger partial charge in [0.1, 0.15) is 0 Å². The SMILES string of the molecule is Cc1ccc(-c2nnc(SCC(=O)N3CCCC3c3cccs3)n2N)cc1. The number of nitrogens with zero attached hydrogens (tertiary/aromatic N) is 4. The number of nitrogens with two attached hydrogens (primary N) is 1. The van der Waals surface area contributed by atoms with Gasteiger partial charge in [-0.05, 0) is 31.2 Å². The summed E-state index contributed by atoms with van der Waals surface area (Å²) in [6, 6.07) is 12.3. The van der Waals surface area contributed by atoms with E-state index in [4.69, 9.17) is 5.84 Å². The minimum Gasteiger partial charge on any atom is -0.335 e. The Kier molecular flexibility index (Phi) is 5.18. The molecule has 4 rings (SSSR count). The average molecular weight is 400 g/mol. The molecule has 1 aliphatic rings. The van der Waals surface area contributed by atoms with Crippen molar-refractivity contribution in [3.05, 3.63) is 52.2 Å². The van der Waals surface area contributed by atoms with Crippen LogP contribution in [0.3, 0.4) is 0 Å². The van der Waals surface area contributed by atoms with Gasteiger partial charge < -0.3 is 10.7 Å². The lowest BCUT2D eigenvalue weighted by molar-refractivity contribution is -0.129. The highest BCUT2D eigenvalue weighted by Gasteiger charge is 2.30. The van der Waals surface area contributed by atoms with Crippen molar-refractivity contribution in [2.75, 3.05) is 18.1 Å². The molecule has 0 saturated carbocycles. The maximum absolute atomic E-state index is 12.8. The van der Waals surface area contributed by atoms with Crippen LogP contribution in [0.2, 0.25) is 0 Å². The maximum Gasteiger partial charge on any atom is 0.233 e. The van der Waals surface area contributed by atoms with E-state index in [1.165, 1.54) is 26.9 Å². The van der Waals surface area contributed by atoms with Crippen LogP contribution >= 0.6 is 23.1 Å². The Labute approximate surface area is 166 Å². The van der Waals surface area contributed by atoms with Gasteiger partial charge in [0.05, 0.1) is 11.8 Å². The smallest absolute Gasteiger partial charge is 0.233 e. The molecule has 1 atom stereocenters. The van der Waals surface area contributed by atoms with Gasteiger partial charge in [-0.25, -0.2) is 4.68 Å². The number of rotatable bonds is 5. The van der Waals surface area contributed by atoms with E-state index in [9.17, 15) is 4.79 Å². The minimum absolute atomic E-state index is 0.121. The fraction of sp³-hybridized carbons (Fsp3) is 0.316. The Morgan fingerprint density at radius 3 is 2.85 bits per heavy atom. The van der Waals surface area contributed by atoms with E-state index in [1.54, 1.807) is 11.3 Å². The molecule has 3 heterocycles. The highest BCUT2D eigenvalue weighted by molar-refractivity contribution is 7.99. The highest BCUT2D eigenvalue weighted by Crippen LogP contribution is 2.35. The standard InChI is InChI=1S/C19H21N5OS2/c1-13-6-8-14(9-7-13)18-21-22-19(24(18)20)27-12-17(25)23-10-2-4-15(23)16-5-3-11-26-16/h3,5-9,11,15H,2,4,10,12,20H2,1H3. The molecule has 1 aromatic carbocycles. The van der Waals surface area contributed by atoms with Gasteiger partial charge in [0.2, 0.25) is 11.1 Å². The summed E-state index contributed by atoms with van der Waals surface area (Å²) in [4.78, 5) is 16.0. The number of aromatic nitrogens is 3. The first-order valence-electron chi connectivity index (χ1n) is 8.86. The summed E-state index contributed by atoms with van der Waals surface area (Å²) in [6.07, 6.45) is 2.07. The third-order valence-corrected chi connectivity index (χ3v) is 6.65. The van der Waals surface area contributed by atoms with Gasteiger partial charge >= 0.3 is 0 Å². The molecule has 0 aliphatic carbocycles. The van der Waals surface area contributed by atoms with Crippen LogP contribution in [0.5, 0.6) is 0 Å². The van der Waals surface area contributed by atoms with E-state index in [-0.39, 0.29) is 11.9 Å². The second-order valence-electron chi connectivity index (χ2n) is 6.59. The highest BCUT2D eigenvalue weighted by atomic mass is 32.2. The van der Waals surface area contributed by atoms with Crippen LogP contribution in [-0.4, -0.2) is 38.0 Å². The molecule has 27 heavy (non-hydrogen) atoms. The predicted molar refractivity (Wildman–Crippen MR) is 109 cm³/mol. The quantitative estimate of drug-likeness (QED) is 0.525. The van der Waals surface area contributed by atoms with Crippen LogP contribution in [0, 0.1) is 6.92 Å². The fourth-order valence-corrected chi connectivity index (χ4v) is 4.94. The number of aryl methyl sites for hydroxylation is 1. The van der Waals surface area contributed by atoms with Crippen molar-refractivity contribution >= 4 is 29.0 Å². The zero-order valence-electron chi connectivity index (χ0n) is 15.0. The van der Waals surface area contributed by atoms with E-state index in [0.29, 0.717) is 16.7 Å². The molecule has 140 valence electrons. The molecule has 2 aromatic heterocycles. The average Bonchev–Trinajstić information content (AvgIpc) is 3.41. The van der Waals surface area contributed by atoms with Gasteiger partial charge in [-0.2, -0.15) is 0 Å². The third-order valence-electron chi connectivity index (χ3n) is 4.74. The molecule has 8 heteroatoms. The first-order valence-corrected chi connectivity index (χ1v) is 10.7. The lowest BCUT2D eigenvalue weighted by Crippen LogP contribution is -2.31. The number of hydrogen-bond donors (Lipinski definition) is 1. The van der Waals surface area contributed by atoms with Gasteiger partial charge in [0.15, 0.2) is 5.82 Å². The van der Waals surface area contributed by atoms with Crippen LogP contribution in [-0.2, 0) is 4.79 Å². The van der Waals surface area contributed by atoms with Crippen LogP contribution < -0.4 is 5.84 Å². The van der Waals surface area contributed by atoms with Crippen molar-refractivity contribution in [2.24, 2.45) is 0 Å². The van der Waals surface area contributed by atoms with Crippen LogP contribution in [0.4, 0.5) is 0 Å². The molecule has 2 N–H and O–H groups in total.